The van der Waals surface area contributed by atoms with Crippen molar-refractivity contribution in [2.45, 2.75) is 24.9 Å². The summed E-state index contributed by atoms with van der Waals surface area (Å²) in [6.45, 7) is 1.91. The van der Waals surface area contributed by atoms with Crippen molar-refractivity contribution in [1.82, 2.24) is 20.8 Å². The van der Waals surface area contributed by atoms with Crippen LogP contribution < -0.4 is 15.4 Å². The van der Waals surface area contributed by atoms with Gasteiger partial charge in [0.1, 0.15) is 11.4 Å². The summed E-state index contributed by atoms with van der Waals surface area (Å²) < 4.78 is 5.14. The molecule has 25 heavy (non-hydrogen) atoms. The van der Waals surface area contributed by atoms with Crippen LogP contribution in [0.25, 0.3) is 11.3 Å². The Morgan fingerprint density at radius 2 is 2.12 bits per heavy atom. The minimum Gasteiger partial charge on any atom is -0.497 e. The number of ether oxygens (including phenoxy) is 1. The number of carbonyl (C=O) groups excluding carboxylic acids is 1. The van der Waals surface area contributed by atoms with Crippen LogP contribution in [0, 0.1) is 0 Å². The topological polar surface area (TPSA) is 99.3 Å². The maximum absolute atomic E-state index is 12.3. The molecule has 1 atom stereocenters. The van der Waals surface area contributed by atoms with E-state index in [0.29, 0.717) is 24.2 Å². The predicted molar refractivity (Wildman–Crippen MR) is 94.6 cm³/mol. The van der Waals surface area contributed by atoms with Gasteiger partial charge in [-0.25, -0.2) is 0 Å². The number of hydrogen-bond donors (Lipinski definition) is 4. The Bertz CT molecular complexity index is 703. The third kappa shape index (κ3) is 4.37. The molecule has 0 saturated carbocycles. The number of methoxy groups -OCH3 is 1. The molecule has 3 rings (SSSR count). The van der Waals surface area contributed by atoms with Crippen molar-refractivity contribution in [2.24, 2.45) is 0 Å². The SMILES string of the molecule is COc1ccc(-c2cc(C(=O)NCC3(O)CCCNCC3)[nH]n2)cc1. The summed E-state index contributed by atoms with van der Waals surface area (Å²) in [4.78, 5) is 12.3. The van der Waals surface area contributed by atoms with Crippen molar-refractivity contribution in [3.05, 3.63) is 36.0 Å². The van der Waals surface area contributed by atoms with E-state index in [9.17, 15) is 9.90 Å². The van der Waals surface area contributed by atoms with Gasteiger partial charge in [-0.05, 0) is 62.7 Å². The number of aromatic nitrogens is 2. The lowest BCUT2D eigenvalue weighted by molar-refractivity contribution is 0.0275. The fourth-order valence-corrected chi connectivity index (χ4v) is 2.98. The number of H-pyrrole nitrogens is 1. The highest BCUT2D eigenvalue weighted by molar-refractivity contribution is 5.93. The molecule has 1 amide bonds. The van der Waals surface area contributed by atoms with Crippen LogP contribution in [0.2, 0.25) is 0 Å². The van der Waals surface area contributed by atoms with Gasteiger partial charge in [-0.1, -0.05) is 0 Å². The average molecular weight is 344 g/mol. The van der Waals surface area contributed by atoms with Gasteiger partial charge in [-0.2, -0.15) is 5.10 Å². The number of nitrogens with one attached hydrogen (secondary N) is 3. The third-order valence-electron chi connectivity index (χ3n) is 4.55. The van der Waals surface area contributed by atoms with Crippen molar-refractivity contribution in [1.29, 1.82) is 0 Å². The van der Waals surface area contributed by atoms with Gasteiger partial charge < -0.3 is 20.5 Å². The zero-order valence-electron chi connectivity index (χ0n) is 14.3. The van der Waals surface area contributed by atoms with E-state index in [1.165, 1.54) is 0 Å². The van der Waals surface area contributed by atoms with Crippen LogP contribution in [0.15, 0.2) is 30.3 Å². The number of hydrogen-bond acceptors (Lipinski definition) is 5. The summed E-state index contributed by atoms with van der Waals surface area (Å²) >= 11 is 0. The fraction of sp³-hybridized carbons (Fsp3) is 0.444. The first-order valence-electron chi connectivity index (χ1n) is 8.51. The molecule has 1 fully saturated rings. The zero-order chi connectivity index (χ0) is 17.7. The maximum atomic E-state index is 12.3. The minimum absolute atomic E-state index is 0.240. The van der Waals surface area contributed by atoms with Crippen molar-refractivity contribution < 1.29 is 14.6 Å². The smallest absolute Gasteiger partial charge is 0.269 e. The largest absolute Gasteiger partial charge is 0.497 e. The van der Waals surface area contributed by atoms with Gasteiger partial charge in [0.05, 0.1) is 18.4 Å². The summed E-state index contributed by atoms with van der Waals surface area (Å²) in [5.74, 6) is 0.501. The molecule has 2 aromatic rings. The monoisotopic (exact) mass is 344 g/mol. The van der Waals surface area contributed by atoms with Crippen molar-refractivity contribution in [3.8, 4) is 17.0 Å². The number of aliphatic hydroxyl groups is 1. The van der Waals surface area contributed by atoms with Gasteiger partial charge in [-0.15, -0.1) is 0 Å². The Morgan fingerprint density at radius 1 is 1.32 bits per heavy atom. The van der Waals surface area contributed by atoms with E-state index in [0.717, 1.165) is 30.8 Å². The molecular formula is C18H24N4O3. The highest BCUT2D eigenvalue weighted by Crippen LogP contribution is 2.21. The minimum atomic E-state index is -0.849. The Hall–Kier alpha value is -2.38. The lowest BCUT2D eigenvalue weighted by Crippen LogP contribution is -2.43. The molecule has 0 radical (unpaired) electrons. The maximum Gasteiger partial charge on any atom is 0.269 e. The van der Waals surface area contributed by atoms with Crippen LogP contribution in [0.5, 0.6) is 5.75 Å². The molecule has 4 N–H and O–H groups in total. The van der Waals surface area contributed by atoms with Crippen LogP contribution in [-0.4, -0.2) is 53.6 Å². The predicted octanol–water partition coefficient (Wildman–Crippen LogP) is 1.32. The zero-order valence-corrected chi connectivity index (χ0v) is 14.3. The molecule has 0 bridgehead atoms. The van der Waals surface area contributed by atoms with Crippen LogP contribution in [0.4, 0.5) is 0 Å². The molecule has 1 aliphatic rings. The first kappa shape index (κ1) is 17.4. The molecule has 134 valence electrons. The van der Waals surface area contributed by atoms with Crippen LogP contribution >= 0.6 is 0 Å². The molecule has 0 aliphatic carbocycles. The van der Waals surface area contributed by atoms with E-state index in [-0.39, 0.29) is 12.5 Å². The standard InChI is InChI=1S/C18H24N4O3/c1-25-14-5-3-13(4-6-14)15-11-16(22-21-15)17(23)20-12-18(24)7-2-9-19-10-8-18/h3-6,11,19,24H,2,7-10,12H2,1H3,(H,20,23)(H,21,22). The van der Waals surface area contributed by atoms with E-state index in [4.69, 9.17) is 4.74 Å². The van der Waals surface area contributed by atoms with E-state index in [1.54, 1.807) is 13.2 Å². The summed E-state index contributed by atoms with van der Waals surface area (Å²) in [7, 11) is 1.62. The molecule has 1 aromatic heterocycles. The number of amides is 1. The van der Waals surface area contributed by atoms with E-state index in [2.05, 4.69) is 20.8 Å². The Kier molecular flexibility index (Phi) is 5.35. The highest BCUT2D eigenvalue weighted by Gasteiger charge is 2.28. The number of nitrogens with zero attached hydrogens (tertiary/aromatic N) is 1. The van der Waals surface area contributed by atoms with Crippen LogP contribution in [0.1, 0.15) is 29.8 Å². The van der Waals surface area contributed by atoms with E-state index >= 15 is 0 Å². The van der Waals surface area contributed by atoms with Gasteiger partial charge in [0, 0.05) is 12.1 Å². The van der Waals surface area contributed by atoms with Gasteiger partial charge in [0.15, 0.2) is 0 Å². The first-order chi connectivity index (χ1) is 12.1. The third-order valence-corrected chi connectivity index (χ3v) is 4.55. The van der Waals surface area contributed by atoms with E-state index < -0.39 is 5.60 Å². The summed E-state index contributed by atoms with van der Waals surface area (Å²) in [6.07, 6.45) is 2.21. The number of carbonyl (C=O) groups is 1. The fourth-order valence-electron chi connectivity index (χ4n) is 2.98. The van der Waals surface area contributed by atoms with Gasteiger partial charge in [0.25, 0.3) is 5.91 Å². The second kappa shape index (κ2) is 7.67. The first-order valence-corrected chi connectivity index (χ1v) is 8.51. The summed E-state index contributed by atoms with van der Waals surface area (Å²) in [6, 6.07) is 9.17. The summed E-state index contributed by atoms with van der Waals surface area (Å²) in [5.41, 5.74) is 1.11. The van der Waals surface area contributed by atoms with Gasteiger partial charge in [0.2, 0.25) is 0 Å². The average Bonchev–Trinajstić information content (AvgIpc) is 3.03. The van der Waals surface area contributed by atoms with Crippen LogP contribution in [0.3, 0.4) is 0 Å². The molecule has 1 unspecified atom stereocenters. The Labute approximate surface area is 146 Å². The molecule has 1 aromatic carbocycles. The highest BCUT2D eigenvalue weighted by atomic mass is 16.5. The quantitative estimate of drug-likeness (QED) is 0.656. The van der Waals surface area contributed by atoms with Crippen molar-refractivity contribution in [3.63, 3.8) is 0 Å². The second-order valence-corrected chi connectivity index (χ2v) is 6.41. The Morgan fingerprint density at radius 3 is 2.88 bits per heavy atom. The van der Waals surface area contributed by atoms with Crippen LogP contribution in [-0.2, 0) is 0 Å². The van der Waals surface area contributed by atoms with Crippen molar-refractivity contribution in [2.75, 3.05) is 26.7 Å². The number of aromatic amines is 1. The van der Waals surface area contributed by atoms with E-state index in [1.807, 2.05) is 24.3 Å². The second-order valence-electron chi connectivity index (χ2n) is 6.41. The molecule has 2 heterocycles. The normalized spacial score (nSPS) is 20.7. The van der Waals surface area contributed by atoms with Crippen molar-refractivity contribution >= 4 is 5.91 Å². The lowest BCUT2D eigenvalue weighted by Gasteiger charge is -2.26. The molecule has 1 saturated heterocycles. The molecule has 7 nitrogen and oxygen atoms in total. The molecule has 0 spiro atoms. The molecule has 7 heteroatoms. The molecular weight excluding hydrogens is 320 g/mol. The molecule has 1 aliphatic heterocycles. The van der Waals surface area contributed by atoms with Gasteiger partial charge in [-0.3, -0.25) is 9.89 Å². The Balaban J connectivity index is 1.62. The number of benzene rings is 1. The van der Waals surface area contributed by atoms with Gasteiger partial charge >= 0.3 is 0 Å². The number of rotatable bonds is 5. The lowest BCUT2D eigenvalue weighted by atomic mass is 9.95. The summed E-state index contributed by atoms with van der Waals surface area (Å²) in [5, 5.41) is 23.6.